The van der Waals surface area contributed by atoms with Crippen molar-refractivity contribution < 1.29 is 18.7 Å². The van der Waals surface area contributed by atoms with Gasteiger partial charge in [0.05, 0.1) is 11.7 Å². The summed E-state index contributed by atoms with van der Waals surface area (Å²) >= 11 is 0. The van der Waals surface area contributed by atoms with Crippen molar-refractivity contribution in [1.82, 2.24) is 9.88 Å². The van der Waals surface area contributed by atoms with E-state index in [-0.39, 0.29) is 12.1 Å². The smallest absolute Gasteiger partial charge is 0.257 e. The van der Waals surface area contributed by atoms with Crippen LogP contribution in [0.1, 0.15) is 16.8 Å². The van der Waals surface area contributed by atoms with Crippen molar-refractivity contribution in [3.8, 4) is 0 Å². The number of halogens is 2. The molecule has 0 aromatic carbocycles. The molecule has 1 aromatic rings. The first-order valence-electron chi connectivity index (χ1n) is 4.87. The minimum atomic E-state index is -1.29. The Bertz CT molecular complexity index is 425. The average Bonchev–Trinajstić information content (AvgIpc) is 2.68. The minimum Gasteiger partial charge on any atom is -0.391 e. The Balaban J connectivity index is 2.24. The zero-order chi connectivity index (χ0) is 11.7. The fourth-order valence-electron chi connectivity index (χ4n) is 1.68. The van der Waals surface area contributed by atoms with Crippen LogP contribution in [0.5, 0.6) is 0 Å². The summed E-state index contributed by atoms with van der Waals surface area (Å²) in [6, 6.07) is 1.13. The van der Waals surface area contributed by atoms with Crippen LogP contribution in [0.3, 0.4) is 0 Å². The lowest BCUT2D eigenvalue weighted by Crippen LogP contribution is -2.30. The number of β-amino-alcohol motifs (C(OH)–C–C–N with tert-alkyl or cyclic N) is 1. The first-order valence-corrected chi connectivity index (χ1v) is 4.87. The monoisotopic (exact) mass is 228 g/mol. The molecule has 1 fully saturated rings. The number of amides is 1. The van der Waals surface area contributed by atoms with Crippen LogP contribution in [0.25, 0.3) is 0 Å². The predicted octanol–water partition coefficient (Wildman–Crippen LogP) is 0.567. The van der Waals surface area contributed by atoms with Gasteiger partial charge in [-0.1, -0.05) is 0 Å². The summed E-state index contributed by atoms with van der Waals surface area (Å²) in [5, 5.41) is 9.25. The predicted molar refractivity (Wildman–Crippen MR) is 50.7 cm³/mol. The van der Waals surface area contributed by atoms with E-state index in [0.29, 0.717) is 13.0 Å². The van der Waals surface area contributed by atoms with Crippen LogP contribution in [0.2, 0.25) is 0 Å². The first kappa shape index (κ1) is 10.9. The van der Waals surface area contributed by atoms with Crippen molar-refractivity contribution in [1.29, 1.82) is 0 Å². The number of carbonyl (C=O) groups excluding carboxylic acids is 1. The summed E-state index contributed by atoms with van der Waals surface area (Å²) in [5.41, 5.74) is -0.346. The molecule has 86 valence electrons. The van der Waals surface area contributed by atoms with Crippen LogP contribution in [-0.4, -0.2) is 40.1 Å². The molecule has 2 rings (SSSR count). The summed E-state index contributed by atoms with van der Waals surface area (Å²) < 4.78 is 26.1. The highest BCUT2D eigenvalue weighted by molar-refractivity contribution is 5.94. The molecule has 0 aliphatic carbocycles. The Labute approximate surface area is 90.5 Å². The molecule has 0 radical (unpaired) electrons. The van der Waals surface area contributed by atoms with Crippen LogP contribution < -0.4 is 0 Å². The fraction of sp³-hybridized carbons (Fsp3) is 0.400. The van der Waals surface area contributed by atoms with Crippen LogP contribution in [0.4, 0.5) is 8.78 Å². The first-order chi connectivity index (χ1) is 7.59. The molecule has 4 nitrogen and oxygen atoms in total. The molecule has 0 unspecified atom stereocenters. The van der Waals surface area contributed by atoms with E-state index in [1.807, 2.05) is 0 Å². The van der Waals surface area contributed by atoms with Gasteiger partial charge in [0.15, 0.2) is 5.82 Å². The zero-order valence-electron chi connectivity index (χ0n) is 8.36. The lowest BCUT2D eigenvalue weighted by molar-refractivity contribution is 0.0759. The van der Waals surface area contributed by atoms with E-state index in [2.05, 4.69) is 4.98 Å². The molecule has 0 saturated carbocycles. The molecule has 1 aliphatic rings. The van der Waals surface area contributed by atoms with Crippen molar-refractivity contribution >= 4 is 5.91 Å². The molecule has 1 N–H and O–H groups in total. The number of nitrogens with zero attached hydrogens (tertiary/aromatic N) is 2. The van der Waals surface area contributed by atoms with E-state index in [9.17, 15) is 18.7 Å². The molecule has 1 amide bonds. The maximum absolute atomic E-state index is 13.3. The highest BCUT2D eigenvalue weighted by Crippen LogP contribution is 2.16. The number of aromatic nitrogens is 1. The lowest BCUT2D eigenvalue weighted by atomic mass is 10.2. The third kappa shape index (κ3) is 1.88. The molecule has 16 heavy (non-hydrogen) atoms. The molecule has 0 spiro atoms. The van der Waals surface area contributed by atoms with E-state index in [1.54, 1.807) is 0 Å². The summed E-state index contributed by atoms with van der Waals surface area (Å²) in [6.07, 6.45) is 0.915. The van der Waals surface area contributed by atoms with Gasteiger partial charge >= 0.3 is 0 Å². The van der Waals surface area contributed by atoms with Crippen molar-refractivity contribution in [3.05, 3.63) is 29.6 Å². The van der Waals surface area contributed by atoms with Gasteiger partial charge in [0.2, 0.25) is 5.95 Å². The normalized spacial score (nSPS) is 20.2. The van der Waals surface area contributed by atoms with E-state index in [0.717, 1.165) is 12.3 Å². The second-order valence-corrected chi connectivity index (χ2v) is 3.66. The molecular formula is C10H10F2N2O2. The van der Waals surface area contributed by atoms with E-state index >= 15 is 0 Å². The summed E-state index contributed by atoms with van der Waals surface area (Å²) in [4.78, 5) is 16.1. The van der Waals surface area contributed by atoms with Crippen LogP contribution in [0, 0.1) is 11.8 Å². The average molecular weight is 228 g/mol. The molecular weight excluding hydrogens is 218 g/mol. The number of aliphatic hydroxyl groups excluding tert-OH is 1. The Morgan fingerprint density at radius 3 is 2.94 bits per heavy atom. The number of pyridine rings is 1. The van der Waals surface area contributed by atoms with Gasteiger partial charge in [0.25, 0.3) is 5.91 Å². The van der Waals surface area contributed by atoms with Crippen molar-refractivity contribution in [2.45, 2.75) is 12.5 Å². The highest BCUT2D eigenvalue weighted by Gasteiger charge is 2.27. The van der Waals surface area contributed by atoms with Gasteiger partial charge in [0, 0.05) is 19.3 Å². The number of aliphatic hydroxyl groups is 1. The molecule has 1 saturated heterocycles. The molecule has 1 atom stereocenters. The number of carbonyl (C=O) groups is 1. The van der Waals surface area contributed by atoms with Crippen LogP contribution in [0.15, 0.2) is 12.3 Å². The van der Waals surface area contributed by atoms with Crippen molar-refractivity contribution in [2.24, 2.45) is 0 Å². The third-order valence-corrected chi connectivity index (χ3v) is 2.53. The third-order valence-electron chi connectivity index (χ3n) is 2.53. The van der Waals surface area contributed by atoms with E-state index in [1.165, 1.54) is 4.90 Å². The summed E-state index contributed by atoms with van der Waals surface area (Å²) in [6.45, 7) is 0.506. The largest absolute Gasteiger partial charge is 0.391 e. The molecule has 2 heterocycles. The molecule has 6 heteroatoms. The highest BCUT2D eigenvalue weighted by atomic mass is 19.2. The molecule has 1 aliphatic heterocycles. The lowest BCUT2D eigenvalue weighted by Gasteiger charge is -2.15. The SMILES string of the molecule is O=C(c1ccnc(F)c1F)N1CC[C@H](O)C1. The zero-order valence-corrected chi connectivity index (χ0v) is 8.36. The molecule has 1 aromatic heterocycles. The maximum Gasteiger partial charge on any atom is 0.257 e. The minimum absolute atomic E-state index is 0.155. The second-order valence-electron chi connectivity index (χ2n) is 3.66. The maximum atomic E-state index is 13.3. The Morgan fingerprint density at radius 2 is 2.31 bits per heavy atom. The summed E-state index contributed by atoms with van der Waals surface area (Å²) in [5.74, 6) is -3.14. The van der Waals surface area contributed by atoms with Gasteiger partial charge in [-0.05, 0) is 12.5 Å². The fourth-order valence-corrected chi connectivity index (χ4v) is 1.68. The van der Waals surface area contributed by atoms with Gasteiger partial charge in [-0.15, -0.1) is 0 Å². The molecule has 0 bridgehead atoms. The topological polar surface area (TPSA) is 53.4 Å². The number of hydrogen-bond donors (Lipinski definition) is 1. The number of likely N-dealkylation sites (tertiary alicyclic amines) is 1. The van der Waals surface area contributed by atoms with Gasteiger partial charge < -0.3 is 10.0 Å². The van der Waals surface area contributed by atoms with E-state index < -0.39 is 23.8 Å². The van der Waals surface area contributed by atoms with Crippen molar-refractivity contribution in [2.75, 3.05) is 13.1 Å². The van der Waals surface area contributed by atoms with Gasteiger partial charge in [0.1, 0.15) is 0 Å². The van der Waals surface area contributed by atoms with Gasteiger partial charge in [-0.25, -0.2) is 9.37 Å². The summed E-state index contributed by atoms with van der Waals surface area (Å²) in [7, 11) is 0. The second kappa shape index (κ2) is 4.13. The van der Waals surface area contributed by atoms with Crippen LogP contribution in [-0.2, 0) is 0 Å². The Hall–Kier alpha value is -1.56. The Kier molecular flexibility index (Phi) is 2.82. The quantitative estimate of drug-likeness (QED) is 0.715. The number of hydrogen-bond acceptors (Lipinski definition) is 3. The van der Waals surface area contributed by atoms with Crippen LogP contribution >= 0.6 is 0 Å². The van der Waals surface area contributed by atoms with Gasteiger partial charge in [-0.3, -0.25) is 4.79 Å². The van der Waals surface area contributed by atoms with Crippen molar-refractivity contribution in [3.63, 3.8) is 0 Å². The standard InChI is InChI=1S/C10H10F2N2O2/c11-8-7(1-3-13-9(8)12)10(16)14-4-2-6(15)5-14/h1,3,6,15H,2,4-5H2/t6-/m0/s1. The number of rotatable bonds is 1. The van der Waals surface area contributed by atoms with E-state index in [4.69, 9.17) is 0 Å². The van der Waals surface area contributed by atoms with Gasteiger partial charge in [-0.2, -0.15) is 4.39 Å². The Morgan fingerprint density at radius 1 is 1.56 bits per heavy atom.